The quantitative estimate of drug-likeness (QED) is 0.455. The molecule has 140 valence electrons. The van der Waals surface area contributed by atoms with Crippen molar-refractivity contribution >= 4 is 35.1 Å². The van der Waals surface area contributed by atoms with E-state index >= 15 is 0 Å². The number of nitrogens with zero attached hydrogens (tertiary/aromatic N) is 4. The number of benzene rings is 1. The zero-order chi connectivity index (χ0) is 19.4. The molecule has 1 amide bonds. The van der Waals surface area contributed by atoms with Crippen LogP contribution in [0.25, 0.3) is 6.08 Å². The smallest absolute Gasteiger partial charge is 0.311 e. The molecular weight excluding hydrogens is 375 g/mol. The molecule has 1 fully saturated rings. The second kappa shape index (κ2) is 8.13. The van der Waals surface area contributed by atoms with Gasteiger partial charge in [0.25, 0.3) is 0 Å². The molecule has 9 heteroatoms. The summed E-state index contributed by atoms with van der Waals surface area (Å²) in [5.74, 6) is -0.536. The fourth-order valence-electron chi connectivity index (χ4n) is 2.83. The van der Waals surface area contributed by atoms with E-state index in [4.69, 9.17) is 11.6 Å². The molecule has 0 bridgehead atoms. The second-order valence-electron chi connectivity index (χ2n) is 5.89. The first-order chi connectivity index (χ1) is 13.0. The molecule has 0 atom stereocenters. The number of carbonyl (C=O) groups excluding carboxylic acids is 1. The van der Waals surface area contributed by atoms with Crippen LogP contribution in [0, 0.1) is 15.9 Å². The molecule has 0 aliphatic carbocycles. The lowest BCUT2D eigenvalue weighted by molar-refractivity contribution is -0.384. The molecule has 3 rings (SSSR count). The molecule has 7 nitrogen and oxygen atoms in total. The van der Waals surface area contributed by atoms with Gasteiger partial charge in [-0.15, -0.1) is 0 Å². The van der Waals surface area contributed by atoms with Crippen molar-refractivity contribution in [1.29, 1.82) is 0 Å². The van der Waals surface area contributed by atoms with Crippen molar-refractivity contribution in [2.24, 2.45) is 0 Å². The Balaban J connectivity index is 1.64. The Hall–Kier alpha value is -3.00. The largest absolute Gasteiger partial charge is 0.347 e. The molecular formula is C18H16ClFN4O3. The molecule has 2 aromatic rings. The summed E-state index contributed by atoms with van der Waals surface area (Å²) in [6, 6.07) is 7.49. The van der Waals surface area contributed by atoms with E-state index in [1.807, 2.05) is 0 Å². The second-order valence-corrected chi connectivity index (χ2v) is 6.30. The average molecular weight is 391 g/mol. The predicted octanol–water partition coefficient (Wildman–Crippen LogP) is 3.14. The van der Waals surface area contributed by atoms with Gasteiger partial charge in [0.2, 0.25) is 11.7 Å². The Bertz CT molecular complexity index is 898. The zero-order valence-electron chi connectivity index (χ0n) is 14.2. The van der Waals surface area contributed by atoms with E-state index in [1.165, 1.54) is 42.6 Å². The highest BCUT2D eigenvalue weighted by atomic mass is 35.5. The molecule has 1 aromatic carbocycles. The molecule has 27 heavy (non-hydrogen) atoms. The minimum Gasteiger partial charge on any atom is -0.347 e. The Morgan fingerprint density at radius 1 is 1.22 bits per heavy atom. The number of amides is 1. The molecule has 2 heterocycles. The van der Waals surface area contributed by atoms with Gasteiger partial charge >= 0.3 is 5.69 Å². The van der Waals surface area contributed by atoms with Gasteiger partial charge in [-0.2, -0.15) is 0 Å². The van der Waals surface area contributed by atoms with Crippen LogP contribution in [0.2, 0.25) is 5.02 Å². The van der Waals surface area contributed by atoms with Crippen LogP contribution in [0.1, 0.15) is 5.56 Å². The van der Waals surface area contributed by atoms with E-state index in [2.05, 4.69) is 4.98 Å². The van der Waals surface area contributed by atoms with Crippen molar-refractivity contribution in [1.82, 2.24) is 9.88 Å². The Morgan fingerprint density at radius 2 is 1.96 bits per heavy atom. The zero-order valence-corrected chi connectivity index (χ0v) is 15.0. The van der Waals surface area contributed by atoms with E-state index in [9.17, 15) is 19.3 Å². The molecule has 1 saturated heterocycles. The minimum absolute atomic E-state index is 0.00447. The topological polar surface area (TPSA) is 79.6 Å². The van der Waals surface area contributed by atoms with E-state index < -0.39 is 10.7 Å². The Kier molecular flexibility index (Phi) is 5.66. The van der Waals surface area contributed by atoms with Crippen LogP contribution < -0.4 is 4.90 Å². The van der Waals surface area contributed by atoms with Gasteiger partial charge in [-0.05, 0) is 18.2 Å². The normalized spacial score (nSPS) is 14.6. The highest BCUT2D eigenvalue weighted by Gasteiger charge is 2.25. The van der Waals surface area contributed by atoms with Crippen molar-refractivity contribution in [3.05, 3.63) is 69.1 Å². The van der Waals surface area contributed by atoms with E-state index in [1.54, 1.807) is 15.9 Å². The first-order valence-electron chi connectivity index (χ1n) is 8.22. The lowest BCUT2D eigenvalue weighted by Crippen LogP contribution is -2.48. The van der Waals surface area contributed by atoms with Crippen LogP contribution >= 0.6 is 11.6 Å². The number of aromatic nitrogens is 1. The lowest BCUT2D eigenvalue weighted by Gasteiger charge is -2.34. The van der Waals surface area contributed by atoms with Gasteiger partial charge in [-0.25, -0.2) is 9.37 Å². The maximum absolute atomic E-state index is 13.9. The monoisotopic (exact) mass is 390 g/mol. The molecule has 0 saturated carbocycles. The Morgan fingerprint density at radius 3 is 2.67 bits per heavy atom. The third kappa shape index (κ3) is 4.22. The molecule has 0 spiro atoms. The van der Waals surface area contributed by atoms with Crippen LogP contribution in [0.15, 0.2) is 42.6 Å². The van der Waals surface area contributed by atoms with Crippen molar-refractivity contribution in [2.45, 2.75) is 0 Å². The molecule has 1 aliphatic rings. The van der Waals surface area contributed by atoms with Crippen LogP contribution in [-0.2, 0) is 4.79 Å². The maximum Gasteiger partial charge on any atom is 0.311 e. The minimum atomic E-state index is -0.574. The number of nitro groups is 1. The van der Waals surface area contributed by atoms with Crippen LogP contribution in [0.4, 0.5) is 15.9 Å². The van der Waals surface area contributed by atoms with Gasteiger partial charge in [0.15, 0.2) is 0 Å². The lowest BCUT2D eigenvalue weighted by atomic mass is 10.2. The number of hydrogen-bond donors (Lipinski definition) is 0. The summed E-state index contributed by atoms with van der Waals surface area (Å²) in [6.07, 6.45) is 4.19. The van der Waals surface area contributed by atoms with Crippen LogP contribution in [0.3, 0.4) is 0 Å². The highest BCUT2D eigenvalue weighted by molar-refractivity contribution is 6.30. The molecule has 0 N–H and O–H groups in total. The number of rotatable bonds is 4. The summed E-state index contributed by atoms with van der Waals surface area (Å²) in [5, 5.41) is 11.1. The molecule has 0 unspecified atom stereocenters. The van der Waals surface area contributed by atoms with Gasteiger partial charge in [0.05, 0.1) is 9.95 Å². The summed E-state index contributed by atoms with van der Waals surface area (Å²) < 4.78 is 13.9. The fourth-order valence-corrected chi connectivity index (χ4v) is 3.01. The number of carbonyl (C=O) groups is 1. The summed E-state index contributed by atoms with van der Waals surface area (Å²) in [4.78, 5) is 30.5. The van der Waals surface area contributed by atoms with Crippen molar-refractivity contribution in [3.8, 4) is 0 Å². The number of pyridine rings is 1. The van der Waals surface area contributed by atoms with Crippen LogP contribution in [0.5, 0.6) is 0 Å². The molecule has 1 aliphatic heterocycles. The Labute approximate surface area is 159 Å². The number of hydrogen-bond acceptors (Lipinski definition) is 5. The van der Waals surface area contributed by atoms with Gasteiger partial charge in [0, 0.05) is 50.1 Å². The van der Waals surface area contributed by atoms with E-state index in [0.29, 0.717) is 32.0 Å². The van der Waals surface area contributed by atoms with Gasteiger partial charge < -0.3 is 9.80 Å². The standard InChI is InChI=1S/C18H16ClFN4O3/c19-14-4-1-3-13(17(14)20)6-7-16(25)22-9-11-23(12-10-22)18-15(24(26)27)5-2-8-21-18/h1-8H,9-12H2/b7-6+. The van der Waals surface area contributed by atoms with E-state index in [0.717, 1.165) is 0 Å². The summed E-state index contributed by atoms with van der Waals surface area (Å²) in [7, 11) is 0. The fraction of sp³-hybridized carbons (Fsp3) is 0.222. The van der Waals surface area contributed by atoms with Crippen LogP contribution in [-0.4, -0.2) is 46.9 Å². The third-order valence-electron chi connectivity index (χ3n) is 4.24. The van der Waals surface area contributed by atoms with Gasteiger partial charge in [0.1, 0.15) is 5.82 Å². The average Bonchev–Trinajstić information content (AvgIpc) is 2.69. The maximum atomic E-state index is 13.9. The summed E-state index contributed by atoms with van der Waals surface area (Å²) in [6.45, 7) is 1.61. The number of halogens is 2. The van der Waals surface area contributed by atoms with Crippen molar-refractivity contribution in [2.75, 3.05) is 31.1 Å². The number of anilines is 1. The first kappa shape index (κ1) is 18.8. The first-order valence-corrected chi connectivity index (χ1v) is 8.60. The number of piperazine rings is 1. The SMILES string of the molecule is O=C(/C=C/c1cccc(Cl)c1F)N1CCN(c2ncccc2[N+](=O)[O-])CC1. The van der Waals surface area contributed by atoms with Gasteiger partial charge in [-0.1, -0.05) is 23.7 Å². The predicted molar refractivity (Wildman–Crippen MR) is 100 cm³/mol. The van der Waals surface area contributed by atoms with Crippen molar-refractivity contribution in [3.63, 3.8) is 0 Å². The van der Waals surface area contributed by atoms with E-state index in [-0.39, 0.29) is 22.2 Å². The van der Waals surface area contributed by atoms with Crippen molar-refractivity contribution < 1.29 is 14.1 Å². The summed E-state index contributed by atoms with van der Waals surface area (Å²) in [5.41, 5.74) is 0.173. The molecule has 1 aromatic heterocycles. The van der Waals surface area contributed by atoms with Gasteiger partial charge in [-0.3, -0.25) is 14.9 Å². The summed E-state index contributed by atoms with van der Waals surface area (Å²) >= 11 is 5.72. The third-order valence-corrected chi connectivity index (χ3v) is 4.53. The highest BCUT2D eigenvalue weighted by Crippen LogP contribution is 2.25. The molecule has 0 radical (unpaired) electrons.